The van der Waals surface area contributed by atoms with Crippen LogP contribution >= 0.6 is 0 Å². The summed E-state index contributed by atoms with van der Waals surface area (Å²) < 4.78 is 0. The zero-order valence-electron chi connectivity index (χ0n) is 12.4. The van der Waals surface area contributed by atoms with Crippen molar-refractivity contribution >= 4 is 5.91 Å². The van der Waals surface area contributed by atoms with Crippen molar-refractivity contribution < 1.29 is 4.79 Å². The molecule has 3 nitrogen and oxygen atoms in total. The molecule has 2 rings (SSSR count). The van der Waals surface area contributed by atoms with Crippen LogP contribution in [0.25, 0.3) is 0 Å². The second-order valence-electron chi connectivity index (χ2n) is 5.98. The molecule has 0 bridgehead atoms. The van der Waals surface area contributed by atoms with Gasteiger partial charge in [0.1, 0.15) is 0 Å². The molecule has 1 aliphatic heterocycles. The van der Waals surface area contributed by atoms with Gasteiger partial charge in [0.15, 0.2) is 0 Å². The van der Waals surface area contributed by atoms with Gasteiger partial charge in [-0.1, -0.05) is 51.1 Å². The van der Waals surface area contributed by atoms with Crippen LogP contribution in [0.2, 0.25) is 0 Å². The van der Waals surface area contributed by atoms with Crippen LogP contribution in [0.5, 0.6) is 0 Å². The molecule has 1 aromatic carbocycles. The molecule has 3 heteroatoms. The molecule has 1 amide bonds. The molecule has 104 valence electrons. The summed E-state index contributed by atoms with van der Waals surface area (Å²) in [6.07, 6.45) is 1.86. The summed E-state index contributed by atoms with van der Waals surface area (Å²) in [6.45, 7) is 7.07. The fraction of sp³-hybridized carbons (Fsp3) is 0.562. The van der Waals surface area contributed by atoms with Gasteiger partial charge in [0.2, 0.25) is 5.91 Å². The zero-order valence-corrected chi connectivity index (χ0v) is 12.4. The van der Waals surface area contributed by atoms with Crippen LogP contribution in [-0.4, -0.2) is 29.5 Å². The summed E-state index contributed by atoms with van der Waals surface area (Å²) in [6, 6.07) is 10.5. The summed E-state index contributed by atoms with van der Waals surface area (Å²) in [4.78, 5) is 12.8. The molecule has 0 aromatic heterocycles. The van der Waals surface area contributed by atoms with E-state index in [9.17, 15) is 4.79 Å². The van der Waals surface area contributed by atoms with E-state index in [1.807, 2.05) is 44.1 Å². The van der Waals surface area contributed by atoms with Crippen LogP contribution in [0, 0.1) is 5.41 Å². The first kappa shape index (κ1) is 14.1. The quantitative estimate of drug-likeness (QED) is 0.833. The lowest BCUT2D eigenvalue weighted by molar-refractivity contribution is -0.155. The monoisotopic (exact) mass is 260 g/mol. The highest BCUT2D eigenvalue weighted by atomic mass is 16.2. The molecule has 19 heavy (non-hydrogen) atoms. The summed E-state index contributed by atoms with van der Waals surface area (Å²) in [7, 11) is 2.01. The number of hydrazine groups is 1. The predicted molar refractivity (Wildman–Crippen MR) is 77.3 cm³/mol. The highest BCUT2D eigenvalue weighted by molar-refractivity contribution is 5.82. The molecule has 0 N–H and O–H groups in total. The lowest BCUT2D eigenvalue weighted by atomic mass is 9.88. The Labute approximate surface area is 116 Å². The number of benzene rings is 1. The Kier molecular flexibility index (Phi) is 3.95. The molecule has 1 saturated heterocycles. The fourth-order valence-corrected chi connectivity index (χ4v) is 2.52. The topological polar surface area (TPSA) is 23.6 Å². The van der Waals surface area contributed by atoms with Gasteiger partial charge in [-0.2, -0.15) is 0 Å². The number of carbonyl (C=O) groups is 1. The molecule has 0 saturated carbocycles. The van der Waals surface area contributed by atoms with E-state index in [1.54, 1.807) is 0 Å². The number of nitrogens with zero attached hydrogens (tertiary/aromatic N) is 2. The van der Waals surface area contributed by atoms with E-state index in [2.05, 4.69) is 24.1 Å². The number of hydrogen-bond acceptors (Lipinski definition) is 2. The van der Waals surface area contributed by atoms with Gasteiger partial charge in [-0.15, -0.1) is 0 Å². The largest absolute Gasteiger partial charge is 0.273 e. The van der Waals surface area contributed by atoms with Gasteiger partial charge in [-0.3, -0.25) is 9.80 Å². The van der Waals surface area contributed by atoms with Gasteiger partial charge >= 0.3 is 0 Å². The number of carbonyl (C=O) groups excluding carboxylic acids is 1. The summed E-state index contributed by atoms with van der Waals surface area (Å²) in [5.74, 6) is 0.226. The van der Waals surface area contributed by atoms with E-state index in [1.165, 1.54) is 5.56 Å². The second-order valence-corrected chi connectivity index (χ2v) is 5.98. The highest BCUT2D eigenvalue weighted by Gasteiger charge is 2.40. The molecule has 1 unspecified atom stereocenters. The van der Waals surface area contributed by atoms with E-state index < -0.39 is 0 Å². The van der Waals surface area contributed by atoms with Gasteiger partial charge in [0, 0.05) is 19.0 Å². The van der Waals surface area contributed by atoms with Crippen molar-refractivity contribution in [3.63, 3.8) is 0 Å². The minimum Gasteiger partial charge on any atom is -0.273 e. The number of hydrogen-bond donors (Lipinski definition) is 0. The van der Waals surface area contributed by atoms with Crippen molar-refractivity contribution in [3.8, 4) is 0 Å². The molecular weight excluding hydrogens is 236 g/mol. The highest BCUT2D eigenvalue weighted by Crippen LogP contribution is 2.36. The maximum atomic E-state index is 12.8. The van der Waals surface area contributed by atoms with Crippen molar-refractivity contribution in [1.82, 2.24) is 10.0 Å². The van der Waals surface area contributed by atoms with Gasteiger partial charge in [0.05, 0.1) is 6.04 Å². The Bertz CT molecular complexity index is 441. The first-order valence-electron chi connectivity index (χ1n) is 7.07. The molecule has 1 heterocycles. The van der Waals surface area contributed by atoms with Crippen LogP contribution in [0.4, 0.5) is 0 Å². The Morgan fingerprint density at radius 3 is 2.53 bits per heavy atom. The Hall–Kier alpha value is -1.35. The minimum atomic E-state index is -0.300. The SMILES string of the molecule is CCC(C)(C)C(=O)N1C(c2ccccc2)CCN1C. The Morgan fingerprint density at radius 1 is 1.32 bits per heavy atom. The standard InChI is InChI=1S/C16H24N2O/c1-5-16(2,3)15(19)18-14(11-12-17(18)4)13-9-7-6-8-10-13/h6-10,14H,5,11-12H2,1-4H3. The van der Waals surface area contributed by atoms with E-state index in [0.717, 1.165) is 19.4 Å². The van der Waals surface area contributed by atoms with E-state index in [0.29, 0.717) is 0 Å². The molecule has 1 atom stereocenters. The van der Waals surface area contributed by atoms with Crippen LogP contribution < -0.4 is 0 Å². The summed E-state index contributed by atoms with van der Waals surface area (Å²) in [5, 5.41) is 4.02. The summed E-state index contributed by atoms with van der Waals surface area (Å²) in [5.41, 5.74) is 0.929. The van der Waals surface area contributed by atoms with Crippen LogP contribution in [0.3, 0.4) is 0 Å². The Morgan fingerprint density at radius 2 is 1.95 bits per heavy atom. The third-order valence-corrected chi connectivity index (χ3v) is 4.24. The molecule has 0 spiro atoms. The summed E-state index contributed by atoms with van der Waals surface area (Å²) >= 11 is 0. The zero-order chi connectivity index (χ0) is 14.0. The first-order chi connectivity index (χ1) is 8.97. The Balaban J connectivity index is 2.29. The van der Waals surface area contributed by atoms with Crippen molar-refractivity contribution in [3.05, 3.63) is 35.9 Å². The van der Waals surface area contributed by atoms with Gasteiger partial charge in [-0.05, 0) is 18.4 Å². The fourth-order valence-electron chi connectivity index (χ4n) is 2.52. The lowest BCUT2D eigenvalue weighted by Crippen LogP contribution is -2.46. The maximum Gasteiger partial charge on any atom is 0.243 e. The van der Waals surface area contributed by atoms with Crippen molar-refractivity contribution in [2.75, 3.05) is 13.6 Å². The first-order valence-corrected chi connectivity index (χ1v) is 7.07. The molecule has 0 aliphatic carbocycles. The number of amides is 1. The van der Waals surface area contributed by atoms with Crippen LogP contribution in [0.1, 0.15) is 45.2 Å². The average Bonchev–Trinajstić information content (AvgIpc) is 2.80. The van der Waals surface area contributed by atoms with Gasteiger partial charge in [-0.25, -0.2) is 5.01 Å². The van der Waals surface area contributed by atoms with Gasteiger partial charge < -0.3 is 0 Å². The van der Waals surface area contributed by atoms with Crippen LogP contribution in [0.15, 0.2) is 30.3 Å². The lowest BCUT2D eigenvalue weighted by Gasteiger charge is -2.36. The molecule has 0 radical (unpaired) electrons. The molecule has 1 aromatic rings. The third-order valence-electron chi connectivity index (χ3n) is 4.24. The second kappa shape index (κ2) is 5.33. The van der Waals surface area contributed by atoms with E-state index in [4.69, 9.17) is 0 Å². The maximum absolute atomic E-state index is 12.8. The smallest absolute Gasteiger partial charge is 0.243 e. The predicted octanol–water partition coefficient (Wildman–Crippen LogP) is 3.24. The van der Waals surface area contributed by atoms with Crippen molar-refractivity contribution in [2.45, 2.75) is 39.7 Å². The molecule has 1 fully saturated rings. The van der Waals surface area contributed by atoms with Crippen LogP contribution in [-0.2, 0) is 4.79 Å². The number of rotatable bonds is 3. The van der Waals surface area contributed by atoms with Crippen molar-refractivity contribution in [2.24, 2.45) is 5.41 Å². The third kappa shape index (κ3) is 2.66. The molecular formula is C16H24N2O. The van der Waals surface area contributed by atoms with Crippen molar-refractivity contribution in [1.29, 1.82) is 0 Å². The van der Waals surface area contributed by atoms with Gasteiger partial charge in [0.25, 0.3) is 0 Å². The van der Waals surface area contributed by atoms with E-state index >= 15 is 0 Å². The molecule has 1 aliphatic rings. The normalized spacial score (nSPS) is 20.8. The minimum absolute atomic E-state index is 0.185. The average molecular weight is 260 g/mol. The van der Waals surface area contributed by atoms with E-state index in [-0.39, 0.29) is 17.4 Å².